The molecule has 3 nitrogen and oxygen atoms in total. The average Bonchev–Trinajstić information content (AvgIpc) is 1.72. The van der Waals surface area contributed by atoms with E-state index in [0.717, 1.165) is 0 Å². The maximum atomic E-state index is 4.49. The molecule has 1 rings (SSSR count). The van der Waals surface area contributed by atoms with Crippen LogP contribution in [0.15, 0.2) is 10.1 Å². The number of rotatable bonds is 0. The van der Waals surface area contributed by atoms with Crippen molar-refractivity contribution in [3.8, 4) is 0 Å². The Labute approximate surface area is 35.3 Å². The van der Waals surface area contributed by atoms with Crippen LogP contribution in [-0.2, 0) is 4.84 Å². The van der Waals surface area contributed by atoms with Crippen LogP contribution in [0.4, 0.5) is 0 Å². The third-order valence-electron chi connectivity index (χ3n) is 0.443. The van der Waals surface area contributed by atoms with Crippen LogP contribution in [0.2, 0.25) is 0 Å². The fourth-order valence-electron chi connectivity index (χ4n) is 0.227. The second kappa shape index (κ2) is 1.55. The minimum absolute atomic E-state index is 0.510. The van der Waals surface area contributed by atoms with Gasteiger partial charge in [-0.05, 0) is 0 Å². The highest BCUT2D eigenvalue weighted by molar-refractivity contribution is 5.73. The number of aliphatic imine (C=N–C) groups is 1. The molecular formula is C3H4N2O. The van der Waals surface area contributed by atoms with Crippen LogP contribution < -0.4 is 0 Å². The normalized spacial score (nSPS) is 17.3. The lowest BCUT2D eigenvalue weighted by Crippen LogP contribution is -1.93. The summed E-state index contributed by atoms with van der Waals surface area (Å²) < 4.78 is 0. The molecule has 1 aliphatic rings. The standard InChI is InChI=1S/C3H4N2O/c1-2-6-5-3-4-1/h1,3H,2H2. The van der Waals surface area contributed by atoms with Crippen LogP contribution in [0.3, 0.4) is 0 Å². The topological polar surface area (TPSA) is 34.0 Å². The first kappa shape index (κ1) is 3.33. The van der Waals surface area contributed by atoms with Crippen LogP contribution in [0, 0.1) is 0 Å². The highest BCUT2D eigenvalue weighted by Gasteiger charge is 1.78. The number of nitrogens with zero attached hydrogens (tertiary/aromatic N) is 2. The Morgan fingerprint density at radius 2 is 2.67 bits per heavy atom. The zero-order valence-corrected chi connectivity index (χ0v) is 3.16. The van der Waals surface area contributed by atoms with E-state index in [2.05, 4.69) is 15.0 Å². The van der Waals surface area contributed by atoms with Crippen molar-refractivity contribution >= 4 is 12.6 Å². The van der Waals surface area contributed by atoms with Crippen molar-refractivity contribution in [2.24, 2.45) is 10.1 Å². The molecule has 0 saturated carbocycles. The van der Waals surface area contributed by atoms with E-state index in [9.17, 15) is 0 Å². The van der Waals surface area contributed by atoms with Crippen molar-refractivity contribution in [1.82, 2.24) is 0 Å². The minimum atomic E-state index is 0.510. The molecule has 0 atom stereocenters. The van der Waals surface area contributed by atoms with Gasteiger partial charge in [-0.25, -0.2) is 4.99 Å². The summed E-state index contributed by atoms with van der Waals surface area (Å²) >= 11 is 0. The Balaban J connectivity index is 2.46. The molecule has 0 radical (unpaired) electrons. The molecule has 0 aromatic heterocycles. The Kier molecular flexibility index (Phi) is 0.859. The van der Waals surface area contributed by atoms with Crippen molar-refractivity contribution in [2.45, 2.75) is 0 Å². The van der Waals surface area contributed by atoms with Gasteiger partial charge in [0.15, 0.2) is 12.9 Å². The highest BCUT2D eigenvalue weighted by Crippen LogP contribution is 1.76. The molecule has 0 amide bonds. The summed E-state index contributed by atoms with van der Waals surface area (Å²) in [6.07, 6.45) is 3.01. The molecule has 0 N–H and O–H groups in total. The molecule has 0 aromatic carbocycles. The van der Waals surface area contributed by atoms with Crippen LogP contribution in [0.1, 0.15) is 0 Å². The quantitative estimate of drug-likeness (QED) is 0.407. The predicted octanol–water partition coefficient (Wildman–Crippen LogP) is 0.0307. The van der Waals surface area contributed by atoms with Gasteiger partial charge in [-0.15, -0.1) is 0 Å². The molecule has 0 bridgehead atoms. The Hall–Kier alpha value is -0.860. The summed E-state index contributed by atoms with van der Waals surface area (Å²) in [6.45, 7) is 0.510. The number of oxime groups is 1. The lowest BCUT2D eigenvalue weighted by molar-refractivity contribution is 0.185. The Morgan fingerprint density at radius 3 is 2.83 bits per heavy atom. The second-order valence-corrected chi connectivity index (χ2v) is 0.848. The van der Waals surface area contributed by atoms with E-state index >= 15 is 0 Å². The Bertz CT molecular complexity index is 74.8. The second-order valence-electron chi connectivity index (χ2n) is 0.848. The van der Waals surface area contributed by atoms with Crippen molar-refractivity contribution in [1.29, 1.82) is 0 Å². The fraction of sp³-hybridized carbons (Fsp3) is 0.333. The van der Waals surface area contributed by atoms with E-state index in [1.54, 1.807) is 6.21 Å². The van der Waals surface area contributed by atoms with Gasteiger partial charge in [0.2, 0.25) is 0 Å². The van der Waals surface area contributed by atoms with Crippen LogP contribution in [-0.4, -0.2) is 19.2 Å². The van der Waals surface area contributed by atoms with Crippen molar-refractivity contribution in [3.63, 3.8) is 0 Å². The largest absolute Gasteiger partial charge is 0.389 e. The first-order valence-corrected chi connectivity index (χ1v) is 1.65. The predicted molar refractivity (Wildman–Crippen MR) is 22.9 cm³/mol. The molecule has 0 aliphatic carbocycles. The summed E-state index contributed by atoms with van der Waals surface area (Å²) in [7, 11) is 0. The van der Waals surface area contributed by atoms with Gasteiger partial charge < -0.3 is 4.84 Å². The zero-order chi connectivity index (χ0) is 4.24. The highest BCUT2D eigenvalue weighted by atomic mass is 16.6. The zero-order valence-electron chi connectivity index (χ0n) is 3.16. The van der Waals surface area contributed by atoms with E-state index in [0.29, 0.717) is 6.61 Å². The smallest absolute Gasteiger partial charge is 0.154 e. The van der Waals surface area contributed by atoms with Crippen molar-refractivity contribution < 1.29 is 4.84 Å². The summed E-state index contributed by atoms with van der Waals surface area (Å²) in [5.74, 6) is 0. The molecule has 0 spiro atoms. The van der Waals surface area contributed by atoms with E-state index in [1.165, 1.54) is 6.34 Å². The van der Waals surface area contributed by atoms with Gasteiger partial charge in [-0.3, -0.25) is 0 Å². The first-order valence-electron chi connectivity index (χ1n) is 1.65. The van der Waals surface area contributed by atoms with Gasteiger partial charge in [0, 0.05) is 6.21 Å². The summed E-state index contributed by atoms with van der Waals surface area (Å²) in [5, 5.41) is 3.35. The third-order valence-corrected chi connectivity index (χ3v) is 0.443. The SMILES string of the molecule is C1=NC=NOC1. The monoisotopic (exact) mass is 84.0 g/mol. The maximum absolute atomic E-state index is 4.49. The molecule has 32 valence electrons. The molecule has 6 heavy (non-hydrogen) atoms. The molecule has 3 heteroatoms. The van der Waals surface area contributed by atoms with E-state index in [-0.39, 0.29) is 0 Å². The van der Waals surface area contributed by atoms with Gasteiger partial charge in [-0.2, -0.15) is 0 Å². The van der Waals surface area contributed by atoms with Crippen molar-refractivity contribution in [3.05, 3.63) is 0 Å². The van der Waals surface area contributed by atoms with E-state index in [1.807, 2.05) is 0 Å². The van der Waals surface area contributed by atoms with Crippen LogP contribution in [0.25, 0.3) is 0 Å². The van der Waals surface area contributed by atoms with E-state index < -0.39 is 0 Å². The van der Waals surface area contributed by atoms with E-state index in [4.69, 9.17) is 0 Å². The van der Waals surface area contributed by atoms with Gasteiger partial charge in [0.05, 0.1) is 0 Å². The number of hydrogen-bond acceptors (Lipinski definition) is 3. The minimum Gasteiger partial charge on any atom is -0.389 e. The average molecular weight is 84.1 g/mol. The van der Waals surface area contributed by atoms with Gasteiger partial charge in [0.1, 0.15) is 0 Å². The Morgan fingerprint density at radius 1 is 1.67 bits per heavy atom. The van der Waals surface area contributed by atoms with Crippen LogP contribution >= 0.6 is 0 Å². The lowest BCUT2D eigenvalue weighted by Gasteiger charge is -1.91. The lowest BCUT2D eigenvalue weighted by atomic mass is 10.8. The third kappa shape index (κ3) is 0.544. The summed E-state index contributed by atoms with van der Waals surface area (Å²) in [6, 6.07) is 0. The van der Waals surface area contributed by atoms with Crippen molar-refractivity contribution in [2.75, 3.05) is 6.61 Å². The molecule has 0 fully saturated rings. The van der Waals surface area contributed by atoms with Gasteiger partial charge in [-0.1, -0.05) is 5.16 Å². The fourth-order valence-corrected chi connectivity index (χ4v) is 0.227. The first-order chi connectivity index (χ1) is 3.00. The summed E-state index contributed by atoms with van der Waals surface area (Å²) in [4.78, 5) is 8.12. The maximum Gasteiger partial charge on any atom is 0.154 e. The van der Waals surface area contributed by atoms with Gasteiger partial charge in [0.25, 0.3) is 0 Å². The molecular weight excluding hydrogens is 80.0 g/mol. The molecule has 0 saturated heterocycles. The molecule has 1 heterocycles. The molecule has 1 aliphatic heterocycles. The molecule has 0 aromatic rings. The number of hydrogen-bond donors (Lipinski definition) is 0. The van der Waals surface area contributed by atoms with Crippen LogP contribution in [0.5, 0.6) is 0 Å². The summed E-state index contributed by atoms with van der Waals surface area (Å²) in [5.41, 5.74) is 0. The molecule has 0 unspecified atom stereocenters. The van der Waals surface area contributed by atoms with Gasteiger partial charge >= 0.3 is 0 Å².